The number of nitrogens with one attached hydrogen (secondary N) is 1. The van der Waals surface area contributed by atoms with Gasteiger partial charge in [0.15, 0.2) is 0 Å². The summed E-state index contributed by atoms with van der Waals surface area (Å²) in [4.78, 5) is 2.68. The SMILES string of the molecule is CCC1(CC)CCN(C(C)C(NC)c2ccccc2)CC1. The first-order valence-electron chi connectivity index (χ1n) is 8.62. The van der Waals surface area contributed by atoms with Gasteiger partial charge < -0.3 is 5.32 Å². The molecule has 0 spiro atoms. The zero-order valence-electron chi connectivity index (χ0n) is 14.2. The van der Waals surface area contributed by atoms with E-state index >= 15 is 0 Å². The number of hydrogen-bond acceptors (Lipinski definition) is 2. The molecule has 2 heteroatoms. The van der Waals surface area contributed by atoms with E-state index in [2.05, 4.69) is 68.4 Å². The van der Waals surface area contributed by atoms with Gasteiger partial charge in [0.1, 0.15) is 0 Å². The van der Waals surface area contributed by atoms with Crippen LogP contribution in [0, 0.1) is 5.41 Å². The number of piperidine rings is 1. The molecular weight excluding hydrogens is 256 g/mol. The van der Waals surface area contributed by atoms with Gasteiger partial charge in [0.2, 0.25) is 0 Å². The summed E-state index contributed by atoms with van der Waals surface area (Å²) in [5.41, 5.74) is 2.01. The van der Waals surface area contributed by atoms with Crippen LogP contribution < -0.4 is 5.32 Å². The molecule has 1 aliphatic rings. The lowest BCUT2D eigenvalue weighted by Gasteiger charge is -2.45. The number of benzene rings is 1. The van der Waals surface area contributed by atoms with Gasteiger partial charge in [-0.2, -0.15) is 0 Å². The number of likely N-dealkylation sites (tertiary alicyclic amines) is 1. The first kappa shape index (κ1) is 16.5. The first-order valence-corrected chi connectivity index (χ1v) is 8.62. The summed E-state index contributed by atoms with van der Waals surface area (Å²) >= 11 is 0. The van der Waals surface area contributed by atoms with Gasteiger partial charge in [-0.3, -0.25) is 4.90 Å². The second kappa shape index (κ2) is 7.42. The second-order valence-corrected chi connectivity index (χ2v) is 6.66. The minimum atomic E-state index is 0.418. The fourth-order valence-corrected chi connectivity index (χ4v) is 3.92. The van der Waals surface area contributed by atoms with Crippen molar-refractivity contribution < 1.29 is 0 Å². The van der Waals surface area contributed by atoms with E-state index in [-0.39, 0.29) is 0 Å². The minimum absolute atomic E-state index is 0.418. The van der Waals surface area contributed by atoms with Gasteiger partial charge in [0, 0.05) is 12.1 Å². The van der Waals surface area contributed by atoms with E-state index in [0.29, 0.717) is 17.5 Å². The fraction of sp³-hybridized carbons (Fsp3) is 0.684. The lowest BCUT2D eigenvalue weighted by molar-refractivity contribution is 0.0593. The van der Waals surface area contributed by atoms with Crippen molar-refractivity contribution in [2.75, 3.05) is 20.1 Å². The Morgan fingerprint density at radius 1 is 1.10 bits per heavy atom. The molecule has 2 nitrogen and oxygen atoms in total. The molecule has 1 fully saturated rings. The molecule has 118 valence electrons. The van der Waals surface area contributed by atoms with Crippen LogP contribution in [0.3, 0.4) is 0 Å². The fourth-order valence-electron chi connectivity index (χ4n) is 3.92. The molecule has 0 aliphatic carbocycles. The zero-order chi connectivity index (χ0) is 15.3. The van der Waals surface area contributed by atoms with Crippen LogP contribution in [0.2, 0.25) is 0 Å². The summed E-state index contributed by atoms with van der Waals surface area (Å²) in [7, 11) is 2.08. The Morgan fingerprint density at radius 2 is 1.67 bits per heavy atom. The van der Waals surface area contributed by atoms with Gasteiger partial charge in [0.25, 0.3) is 0 Å². The van der Waals surface area contributed by atoms with Gasteiger partial charge >= 0.3 is 0 Å². The molecule has 21 heavy (non-hydrogen) atoms. The Kier molecular flexibility index (Phi) is 5.83. The summed E-state index contributed by atoms with van der Waals surface area (Å²) < 4.78 is 0. The van der Waals surface area contributed by atoms with E-state index in [4.69, 9.17) is 0 Å². The molecule has 1 aliphatic heterocycles. The summed E-state index contributed by atoms with van der Waals surface area (Å²) in [5.74, 6) is 0. The molecule has 1 N–H and O–H groups in total. The van der Waals surface area contributed by atoms with Crippen LogP contribution in [0.4, 0.5) is 0 Å². The van der Waals surface area contributed by atoms with E-state index < -0.39 is 0 Å². The Hall–Kier alpha value is -0.860. The maximum atomic E-state index is 3.52. The van der Waals surface area contributed by atoms with Gasteiger partial charge in [-0.25, -0.2) is 0 Å². The van der Waals surface area contributed by atoms with E-state index in [1.165, 1.54) is 44.3 Å². The van der Waals surface area contributed by atoms with Crippen molar-refractivity contribution >= 4 is 0 Å². The van der Waals surface area contributed by atoms with Crippen LogP contribution in [-0.4, -0.2) is 31.1 Å². The standard InChI is InChI=1S/C19H32N2/c1-5-19(6-2)12-14-21(15-13-19)16(3)18(20-4)17-10-8-7-9-11-17/h7-11,16,18,20H,5-6,12-15H2,1-4H3. The van der Waals surface area contributed by atoms with Crippen LogP contribution in [0.5, 0.6) is 0 Å². The molecule has 0 bridgehead atoms. The monoisotopic (exact) mass is 288 g/mol. The van der Waals surface area contributed by atoms with Gasteiger partial charge in [0.05, 0.1) is 0 Å². The lowest BCUT2D eigenvalue weighted by atomic mass is 9.74. The third-order valence-electron chi connectivity index (χ3n) is 5.89. The molecule has 2 unspecified atom stereocenters. The van der Waals surface area contributed by atoms with Crippen molar-refractivity contribution in [1.82, 2.24) is 10.2 Å². The number of nitrogens with zero attached hydrogens (tertiary/aromatic N) is 1. The van der Waals surface area contributed by atoms with Crippen LogP contribution in [0.15, 0.2) is 30.3 Å². The highest BCUT2D eigenvalue weighted by atomic mass is 15.2. The normalized spacial score (nSPS) is 21.9. The van der Waals surface area contributed by atoms with E-state index in [1.54, 1.807) is 0 Å². The zero-order valence-corrected chi connectivity index (χ0v) is 14.2. The van der Waals surface area contributed by atoms with Crippen molar-refractivity contribution in [3.63, 3.8) is 0 Å². The Balaban J connectivity index is 2.02. The van der Waals surface area contributed by atoms with Crippen molar-refractivity contribution in [1.29, 1.82) is 0 Å². The summed E-state index contributed by atoms with van der Waals surface area (Å²) in [5, 5.41) is 3.52. The lowest BCUT2D eigenvalue weighted by Crippen LogP contribution is -2.48. The summed E-state index contributed by atoms with van der Waals surface area (Å²) in [6.45, 7) is 9.59. The largest absolute Gasteiger partial charge is 0.312 e. The first-order chi connectivity index (χ1) is 10.2. The molecule has 2 atom stereocenters. The quantitative estimate of drug-likeness (QED) is 0.842. The number of hydrogen-bond donors (Lipinski definition) is 1. The molecule has 0 amide bonds. The van der Waals surface area contributed by atoms with Gasteiger partial charge in [-0.1, -0.05) is 57.0 Å². The molecule has 1 heterocycles. The topological polar surface area (TPSA) is 15.3 Å². The van der Waals surface area contributed by atoms with Gasteiger partial charge in [-0.15, -0.1) is 0 Å². The molecular formula is C19H32N2. The Bertz CT molecular complexity index is 401. The van der Waals surface area contributed by atoms with E-state index in [1.807, 2.05) is 0 Å². The van der Waals surface area contributed by atoms with Crippen LogP contribution >= 0.6 is 0 Å². The third-order valence-corrected chi connectivity index (χ3v) is 5.89. The Labute approximate surface area is 130 Å². The van der Waals surface area contributed by atoms with E-state index in [0.717, 1.165) is 0 Å². The minimum Gasteiger partial charge on any atom is -0.312 e. The molecule has 1 saturated heterocycles. The molecule has 0 saturated carbocycles. The average Bonchev–Trinajstić information content (AvgIpc) is 2.56. The smallest absolute Gasteiger partial charge is 0.0473 e. The highest BCUT2D eigenvalue weighted by Crippen LogP contribution is 2.39. The van der Waals surface area contributed by atoms with Crippen molar-refractivity contribution in [2.45, 2.75) is 58.5 Å². The van der Waals surface area contributed by atoms with Crippen LogP contribution in [-0.2, 0) is 0 Å². The summed E-state index contributed by atoms with van der Waals surface area (Å²) in [6.07, 6.45) is 5.38. The molecule has 1 aromatic rings. The maximum Gasteiger partial charge on any atom is 0.0473 e. The van der Waals surface area contributed by atoms with Crippen molar-refractivity contribution in [2.24, 2.45) is 5.41 Å². The number of rotatable bonds is 6. The van der Waals surface area contributed by atoms with Crippen LogP contribution in [0.1, 0.15) is 58.1 Å². The van der Waals surface area contributed by atoms with Gasteiger partial charge in [-0.05, 0) is 50.9 Å². The summed E-state index contributed by atoms with van der Waals surface area (Å²) in [6, 6.07) is 11.8. The molecule has 2 rings (SSSR count). The maximum absolute atomic E-state index is 3.52. The number of likely N-dealkylation sites (N-methyl/N-ethyl adjacent to an activating group) is 1. The predicted molar refractivity (Wildman–Crippen MR) is 91.5 cm³/mol. The second-order valence-electron chi connectivity index (χ2n) is 6.66. The van der Waals surface area contributed by atoms with Crippen LogP contribution in [0.25, 0.3) is 0 Å². The molecule has 0 aromatic heterocycles. The molecule has 1 aromatic carbocycles. The average molecular weight is 288 g/mol. The molecule has 0 radical (unpaired) electrons. The Morgan fingerprint density at radius 3 is 2.14 bits per heavy atom. The highest BCUT2D eigenvalue weighted by molar-refractivity contribution is 5.20. The van der Waals surface area contributed by atoms with E-state index in [9.17, 15) is 0 Å². The highest BCUT2D eigenvalue weighted by Gasteiger charge is 2.34. The van der Waals surface area contributed by atoms with Crippen molar-refractivity contribution in [3.05, 3.63) is 35.9 Å². The van der Waals surface area contributed by atoms with Crippen molar-refractivity contribution in [3.8, 4) is 0 Å². The third kappa shape index (κ3) is 3.67. The predicted octanol–water partition coefficient (Wildman–Crippen LogP) is 4.24.